The zero-order valence-electron chi connectivity index (χ0n) is 11.5. The van der Waals surface area contributed by atoms with Crippen LogP contribution < -0.4 is 0 Å². The fraction of sp³-hybridized carbons (Fsp3) is 0.429. The molecule has 1 aromatic heterocycles. The van der Waals surface area contributed by atoms with Crippen molar-refractivity contribution in [2.45, 2.75) is 31.8 Å². The van der Waals surface area contributed by atoms with E-state index in [2.05, 4.69) is 10.1 Å². The first kappa shape index (κ1) is 14.8. The molecule has 0 saturated carbocycles. The Morgan fingerprint density at radius 3 is 2.95 bits per heavy atom. The molecule has 0 bridgehead atoms. The van der Waals surface area contributed by atoms with E-state index in [1.165, 1.54) is 6.33 Å². The summed E-state index contributed by atoms with van der Waals surface area (Å²) in [5.74, 6) is -0.979. The maximum Gasteiger partial charge on any atom is 0.216 e. The van der Waals surface area contributed by atoms with E-state index in [1.54, 1.807) is 23.1 Å². The van der Waals surface area contributed by atoms with E-state index < -0.39 is 5.79 Å². The second-order valence-corrected chi connectivity index (χ2v) is 5.88. The van der Waals surface area contributed by atoms with Gasteiger partial charge < -0.3 is 9.47 Å². The number of hydrogen-bond acceptors (Lipinski definition) is 4. The number of ether oxygens (including phenoxy) is 2. The van der Waals surface area contributed by atoms with Gasteiger partial charge in [0.15, 0.2) is 0 Å². The number of hydrogen-bond donors (Lipinski definition) is 0. The summed E-state index contributed by atoms with van der Waals surface area (Å²) in [6.45, 7) is 2.98. The van der Waals surface area contributed by atoms with Crippen LogP contribution in [0.1, 0.15) is 18.9 Å². The van der Waals surface area contributed by atoms with Crippen LogP contribution in [-0.2, 0) is 21.8 Å². The smallest absolute Gasteiger partial charge is 0.216 e. The molecule has 21 heavy (non-hydrogen) atoms. The predicted octanol–water partition coefficient (Wildman–Crippen LogP) is 3.26. The molecule has 2 heterocycles. The molecule has 7 heteroatoms. The second-order valence-electron chi connectivity index (χ2n) is 5.04. The lowest BCUT2D eigenvalue weighted by atomic mass is 10.0. The Kier molecular flexibility index (Phi) is 4.17. The quantitative estimate of drug-likeness (QED) is 0.868. The fourth-order valence-electron chi connectivity index (χ4n) is 2.44. The van der Waals surface area contributed by atoms with Crippen LogP contribution >= 0.6 is 23.2 Å². The maximum absolute atomic E-state index is 6.35. The van der Waals surface area contributed by atoms with Gasteiger partial charge in [0.25, 0.3) is 0 Å². The summed E-state index contributed by atoms with van der Waals surface area (Å²) in [6.07, 6.45) is 4.00. The van der Waals surface area contributed by atoms with Crippen molar-refractivity contribution in [1.82, 2.24) is 14.8 Å². The van der Waals surface area contributed by atoms with Crippen molar-refractivity contribution in [2.75, 3.05) is 6.61 Å². The SMILES string of the molecule is CC1CCOC(Cn2cncn2)(c2ccc(Cl)cc2Cl)O1. The van der Waals surface area contributed by atoms with Gasteiger partial charge in [0.05, 0.1) is 17.7 Å². The topological polar surface area (TPSA) is 49.2 Å². The van der Waals surface area contributed by atoms with Gasteiger partial charge in [-0.25, -0.2) is 9.67 Å². The van der Waals surface area contributed by atoms with Crippen molar-refractivity contribution in [3.8, 4) is 0 Å². The number of nitrogens with zero attached hydrogens (tertiary/aromatic N) is 3. The van der Waals surface area contributed by atoms with Crippen LogP contribution in [0.5, 0.6) is 0 Å². The molecule has 1 aliphatic heterocycles. The predicted molar refractivity (Wildman–Crippen MR) is 79.3 cm³/mol. The molecule has 0 spiro atoms. The van der Waals surface area contributed by atoms with Crippen LogP contribution in [0.4, 0.5) is 0 Å². The summed E-state index contributed by atoms with van der Waals surface area (Å²) in [5, 5.41) is 5.21. The van der Waals surface area contributed by atoms with E-state index >= 15 is 0 Å². The third-order valence-electron chi connectivity index (χ3n) is 3.43. The first-order valence-corrected chi connectivity index (χ1v) is 7.44. The van der Waals surface area contributed by atoms with Gasteiger partial charge in [0.1, 0.15) is 19.2 Å². The molecular formula is C14H15Cl2N3O2. The molecule has 0 radical (unpaired) electrons. The highest BCUT2D eigenvalue weighted by atomic mass is 35.5. The zero-order chi connectivity index (χ0) is 14.9. The molecule has 112 valence electrons. The number of rotatable bonds is 3. The molecule has 0 N–H and O–H groups in total. The minimum Gasteiger partial charge on any atom is -0.344 e. The van der Waals surface area contributed by atoms with Gasteiger partial charge in [-0.1, -0.05) is 29.3 Å². The molecule has 1 fully saturated rings. The number of halogens is 2. The van der Waals surface area contributed by atoms with Crippen LogP contribution in [0.3, 0.4) is 0 Å². The molecule has 1 aliphatic rings. The molecule has 2 atom stereocenters. The van der Waals surface area contributed by atoms with Crippen LogP contribution in [0.15, 0.2) is 30.9 Å². The molecular weight excluding hydrogens is 313 g/mol. The van der Waals surface area contributed by atoms with Crippen molar-refractivity contribution in [1.29, 1.82) is 0 Å². The van der Waals surface area contributed by atoms with Crippen molar-refractivity contribution < 1.29 is 9.47 Å². The third kappa shape index (κ3) is 3.06. The van der Waals surface area contributed by atoms with Gasteiger partial charge in [0, 0.05) is 10.6 Å². The van der Waals surface area contributed by atoms with E-state index in [-0.39, 0.29) is 6.10 Å². The largest absolute Gasteiger partial charge is 0.344 e. The van der Waals surface area contributed by atoms with Gasteiger partial charge in [-0.15, -0.1) is 0 Å². The maximum atomic E-state index is 6.35. The molecule has 2 unspecified atom stereocenters. The van der Waals surface area contributed by atoms with Gasteiger partial charge in [-0.3, -0.25) is 0 Å². The molecule has 3 rings (SSSR count). The van der Waals surface area contributed by atoms with Crippen LogP contribution in [-0.4, -0.2) is 27.5 Å². The monoisotopic (exact) mass is 327 g/mol. The standard InChI is InChI=1S/C14H15Cl2N3O2/c1-10-4-5-20-14(21-10,7-19-9-17-8-18-19)12-3-2-11(15)6-13(12)16/h2-3,6,8-10H,4-5,7H2,1H3. The molecule has 5 nitrogen and oxygen atoms in total. The Bertz CT molecular complexity index is 621. The normalized spacial score (nSPS) is 26.0. The van der Waals surface area contributed by atoms with Gasteiger partial charge in [-0.05, 0) is 25.5 Å². The molecule has 2 aromatic rings. The summed E-state index contributed by atoms with van der Waals surface area (Å²) in [4.78, 5) is 3.95. The average molecular weight is 328 g/mol. The summed E-state index contributed by atoms with van der Waals surface area (Å²) in [7, 11) is 0. The summed E-state index contributed by atoms with van der Waals surface area (Å²) in [5.41, 5.74) is 0.746. The highest BCUT2D eigenvalue weighted by Crippen LogP contribution is 2.39. The van der Waals surface area contributed by atoms with Crippen LogP contribution in [0.2, 0.25) is 10.0 Å². The lowest BCUT2D eigenvalue weighted by Crippen LogP contribution is -2.45. The van der Waals surface area contributed by atoms with Gasteiger partial charge >= 0.3 is 0 Å². The summed E-state index contributed by atoms with van der Waals surface area (Å²) >= 11 is 12.3. The van der Waals surface area contributed by atoms with Gasteiger partial charge in [0.2, 0.25) is 5.79 Å². The lowest BCUT2D eigenvalue weighted by Gasteiger charge is -2.40. The summed E-state index contributed by atoms with van der Waals surface area (Å²) < 4.78 is 13.8. The first-order chi connectivity index (χ1) is 10.1. The molecule has 1 saturated heterocycles. The third-order valence-corrected chi connectivity index (χ3v) is 3.98. The Hall–Kier alpha value is -1.14. The van der Waals surface area contributed by atoms with Crippen molar-refractivity contribution in [2.24, 2.45) is 0 Å². The highest BCUT2D eigenvalue weighted by molar-refractivity contribution is 6.35. The van der Waals surface area contributed by atoms with E-state index in [1.807, 2.05) is 13.0 Å². The Morgan fingerprint density at radius 2 is 2.29 bits per heavy atom. The molecule has 0 amide bonds. The van der Waals surface area contributed by atoms with E-state index in [0.717, 1.165) is 12.0 Å². The van der Waals surface area contributed by atoms with E-state index in [0.29, 0.717) is 23.2 Å². The Balaban J connectivity index is 2.02. The first-order valence-electron chi connectivity index (χ1n) is 6.69. The lowest BCUT2D eigenvalue weighted by molar-refractivity contribution is -0.306. The second kappa shape index (κ2) is 5.93. The van der Waals surface area contributed by atoms with Crippen LogP contribution in [0.25, 0.3) is 0 Å². The Morgan fingerprint density at radius 1 is 1.43 bits per heavy atom. The zero-order valence-corrected chi connectivity index (χ0v) is 13.0. The van der Waals surface area contributed by atoms with Crippen molar-refractivity contribution in [3.63, 3.8) is 0 Å². The van der Waals surface area contributed by atoms with Crippen molar-refractivity contribution in [3.05, 3.63) is 46.5 Å². The average Bonchev–Trinajstić information content (AvgIpc) is 2.91. The van der Waals surface area contributed by atoms with Crippen molar-refractivity contribution >= 4 is 23.2 Å². The van der Waals surface area contributed by atoms with E-state index in [4.69, 9.17) is 32.7 Å². The molecule has 0 aliphatic carbocycles. The highest BCUT2D eigenvalue weighted by Gasteiger charge is 2.41. The number of benzene rings is 1. The van der Waals surface area contributed by atoms with Gasteiger partial charge in [-0.2, -0.15) is 5.10 Å². The minimum absolute atomic E-state index is 0.0639. The fourth-order valence-corrected chi connectivity index (χ4v) is 3.00. The van der Waals surface area contributed by atoms with Crippen LogP contribution in [0, 0.1) is 0 Å². The van der Waals surface area contributed by atoms with E-state index in [9.17, 15) is 0 Å². The Labute approximate surface area is 132 Å². The minimum atomic E-state index is -0.979. The summed E-state index contributed by atoms with van der Waals surface area (Å²) in [6, 6.07) is 5.30. The molecule has 1 aromatic carbocycles. The number of aromatic nitrogens is 3.